The summed E-state index contributed by atoms with van der Waals surface area (Å²) in [5.41, 5.74) is 5.31. The van der Waals surface area contributed by atoms with Crippen molar-refractivity contribution in [3.05, 3.63) is 57.1 Å². The van der Waals surface area contributed by atoms with E-state index in [1.807, 2.05) is 6.92 Å². The fourth-order valence-electron chi connectivity index (χ4n) is 3.93. The lowest BCUT2D eigenvalue weighted by atomic mass is 10.0. The van der Waals surface area contributed by atoms with Crippen LogP contribution in [0.4, 0.5) is 0 Å². The van der Waals surface area contributed by atoms with Crippen LogP contribution in [-0.4, -0.2) is 28.0 Å². The normalized spacial score (nSPS) is 14.3. The topological polar surface area (TPSA) is 82.2 Å². The molecule has 5 nitrogen and oxygen atoms in total. The Labute approximate surface area is 161 Å². The third-order valence-corrected chi connectivity index (χ3v) is 6.24. The Morgan fingerprint density at radius 1 is 1.26 bits per heavy atom. The number of aromatic nitrogens is 1. The SMILES string of the molecule is Cc1sc2cc(C(=O)N[C@H](C)Cc3ccc4c(c3)CCC4)[nH]c2c1C(=O)O. The highest BCUT2D eigenvalue weighted by molar-refractivity contribution is 7.19. The van der Waals surface area contributed by atoms with Gasteiger partial charge in [0.1, 0.15) is 5.69 Å². The molecule has 0 saturated carbocycles. The minimum absolute atomic E-state index is 0.0148. The minimum Gasteiger partial charge on any atom is -0.478 e. The summed E-state index contributed by atoms with van der Waals surface area (Å²) in [6, 6.07) is 8.34. The molecule has 0 saturated heterocycles. The third-order valence-electron chi connectivity index (χ3n) is 5.19. The summed E-state index contributed by atoms with van der Waals surface area (Å²) in [5, 5.41) is 12.4. The Morgan fingerprint density at radius 2 is 2.04 bits per heavy atom. The first-order valence-corrected chi connectivity index (χ1v) is 10.0. The molecule has 6 heteroatoms. The van der Waals surface area contributed by atoms with Gasteiger partial charge in [0.25, 0.3) is 5.91 Å². The van der Waals surface area contributed by atoms with E-state index >= 15 is 0 Å². The average molecular weight is 382 g/mol. The van der Waals surface area contributed by atoms with Crippen molar-refractivity contribution in [1.82, 2.24) is 10.3 Å². The standard InChI is InChI=1S/C21H22N2O3S/c1-11(8-13-6-7-14-4-3-5-15(14)9-13)22-20(24)16-10-17-19(23-16)18(21(25)26)12(2)27-17/h6-7,9-11,23H,3-5,8H2,1-2H3,(H,22,24)(H,25,26)/t11-/m1/s1. The molecule has 2 aromatic heterocycles. The Kier molecular flexibility index (Phi) is 4.52. The summed E-state index contributed by atoms with van der Waals surface area (Å²) in [5.74, 6) is -1.18. The number of amides is 1. The van der Waals surface area contributed by atoms with Crippen LogP contribution in [-0.2, 0) is 19.3 Å². The highest BCUT2D eigenvalue weighted by Crippen LogP contribution is 2.31. The van der Waals surface area contributed by atoms with Gasteiger partial charge >= 0.3 is 5.97 Å². The molecule has 0 unspecified atom stereocenters. The predicted octanol–water partition coefficient (Wildman–Crippen LogP) is 4.09. The number of carbonyl (C=O) groups excluding carboxylic acids is 1. The number of carbonyl (C=O) groups is 2. The number of thiophene rings is 1. The van der Waals surface area contributed by atoms with Crippen LogP contribution >= 0.6 is 11.3 Å². The fourth-order valence-corrected chi connectivity index (χ4v) is 4.99. The third kappa shape index (κ3) is 3.37. The number of nitrogens with one attached hydrogen (secondary N) is 2. The smallest absolute Gasteiger partial charge is 0.338 e. The first-order valence-electron chi connectivity index (χ1n) is 9.19. The van der Waals surface area contributed by atoms with Crippen LogP contribution in [0, 0.1) is 6.92 Å². The van der Waals surface area contributed by atoms with Crippen molar-refractivity contribution in [3.8, 4) is 0 Å². The van der Waals surface area contributed by atoms with Gasteiger partial charge in [-0.05, 0) is 62.3 Å². The molecule has 3 N–H and O–H groups in total. The van der Waals surface area contributed by atoms with Gasteiger partial charge < -0.3 is 15.4 Å². The average Bonchev–Trinajstić information content (AvgIpc) is 3.27. The maximum atomic E-state index is 12.6. The number of benzene rings is 1. The zero-order chi connectivity index (χ0) is 19.1. The molecule has 2 heterocycles. The Bertz CT molecular complexity index is 1050. The molecule has 1 aliphatic rings. The van der Waals surface area contributed by atoms with Gasteiger partial charge in [-0.15, -0.1) is 11.3 Å². The summed E-state index contributed by atoms with van der Waals surface area (Å²) in [7, 11) is 0. The van der Waals surface area contributed by atoms with Gasteiger partial charge in [-0.25, -0.2) is 4.79 Å². The van der Waals surface area contributed by atoms with Crippen LogP contribution in [0.5, 0.6) is 0 Å². The van der Waals surface area contributed by atoms with Gasteiger partial charge in [0.15, 0.2) is 0 Å². The van der Waals surface area contributed by atoms with Crippen LogP contribution in [0.3, 0.4) is 0 Å². The second kappa shape index (κ2) is 6.85. The second-order valence-electron chi connectivity index (χ2n) is 7.30. The van der Waals surface area contributed by atoms with Gasteiger partial charge in [-0.1, -0.05) is 18.2 Å². The molecule has 140 valence electrons. The van der Waals surface area contributed by atoms with E-state index in [0.29, 0.717) is 11.2 Å². The number of aryl methyl sites for hydroxylation is 3. The summed E-state index contributed by atoms with van der Waals surface area (Å²) >= 11 is 1.39. The maximum Gasteiger partial charge on any atom is 0.338 e. The number of carboxylic acid groups (broad SMARTS) is 1. The lowest BCUT2D eigenvalue weighted by Crippen LogP contribution is -2.34. The molecule has 0 bridgehead atoms. The number of hydrogen-bond donors (Lipinski definition) is 3. The molecule has 1 amide bonds. The number of hydrogen-bond acceptors (Lipinski definition) is 3. The number of rotatable bonds is 5. The number of fused-ring (bicyclic) bond motifs is 2. The predicted molar refractivity (Wildman–Crippen MR) is 107 cm³/mol. The second-order valence-corrected chi connectivity index (χ2v) is 8.55. The van der Waals surface area contributed by atoms with Crippen molar-refractivity contribution in [2.45, 2.75) is 45.6 Å². The van der Waals surface area contributed by atoms with Crippen molar-refractivity contribution in [2.24, 2.45) is 0 Å². The van der Waals surface area contributed by atoms with Gasteiger partial charge in [0.05, 0.1) is 15.8 Å². The molecule has 4 rings (SSSR count). The monoisotopic (exact) mass is 382 g/mol. The Balaban J connectivity index is 1.47. The molecular formula is C21H22N2O3S. The van der Waals surface area contributed by atoms with Crippen molar-refractivity contribution in [2.75, 3.05) is 0 Å². The summed E-state index contributed by atoms with van der Waals surface area (Å²) in [6.07, 6.45) is 4.32. The van der Waals surface area contributed by atoms with Gasteiger partial charge in [-0.3, -0.25) is 4.79 Å². The number of carboxylic acids is 1. The number of H-pyrrole nitrogens is 1. The van der Waals surface area contributed by atoms with Gasteiger partial charge in [0.2, 0.25) is 0 Å². The molecule has 0 aliphatic heterocycles. The lowest BCUT2D eigenvalue weighted by Gasteiger charge is -2.14. The molecule has 1 aliphatic carbocycles. The van der Waals surface area contributed by atoms with Crippen LogP contribution in [0.25, 0.3) is 10.2 Å². The summed E-state index contributed by atoms with van der Waals surface area (Å²) < 4.78 is 0.793. The molecule has 27 heavy (non-hydrogen) atoms. The van der Waals surface area contributed by atoms with E-state index in [-0.39, 0.29) is 17.5 Å². The van der Waals surface area contributed by atoms with Crippen molar-refractivity contribution in [3.63, 3.8) is 0 Å². The quantitative estimate of drug-likeness (QED) is 0.622. The van der Waals surface area contributed by atoms with Crippen LogP contribution in [0.15, 0.2) is 24.3 Å². The maximum absolute atomic E-state index is 12.6. The number of aromatic carboxylic acids is 1. The lowest BCUT2D eigenvalue weighted by molar-refractivity contribution is 0.0698. The van der Waals surface area contributed by atoms with Crippen molar-refractivity contribution in [1.29, 1.82) is 0 Å². The first kappa shape index (κ1) is 17.8. The molecule has 1 atom stereocenters. The fraction of sp³-hybridized carbons (Fsp3) is 0.333. The first-order chi connectivity index (χ1) is 12.9. The van der Waals surface area contributed by atoms with Crippen molar-refractivity contribution < 1.29 is 14.7 Å². The van der Waals surface area contributed by atoms with E-state index in [1.54, 1.807) is 13.0 Å². The van der Waals surface area contributed by atoms with Gasteiger partial charge in [0, 0.05) is 10.9 Å². The van der Waals surface area contributed by atoms with E-state index < -0.39 is 5.97 Å². The van der Waals surface area contributed by atoms with Gasteiger partial charge in [-0.2, -0.15) is 0 Å². The van der Waals surface area contributed by atoms with E-state index in [2.05, 4.69) is 28.5 Å². The largest absolute Gasteiger partial charge is 0.478 e. The van der Waals surface area contributed by atoms with Crippen LogP contribution in [0.2, 0.25) is 0 Å². The molecule has 3 aromatic rings. The summed E-state index contributed by atoms with van der Waals surface area (Å²) in [6.45, 7) is 3.77. The minimum atomic E-state index is -0.975. The highest BCUT2D eigenvalue weighted by atomic mass is 32.1. The molecule has 0 radical (unpaired) electrons. The molecular weight excluding hydrogens is 360 g/mol. The Hall–Kier alpha value is -2.60. The zero-order valence-electron chi connectivity index (χ0n) is 15.4. The molecule has 0 fully saturated rings. The van der Waals surface area contributed by atoms with E-state index in [1.165, 1.54) is 40.9 Å². The van der Waals surface area contributed by atoms with E-state index in [4.69, 9.17) is 0 Å². The van der Waals surface area contributed by atoms with E-state index in [9.17, 15) is 14.7 Å². The zero-order valence-corrected chi connectivity index (χ0v) is 16.2. The molecule has 0 spiro atoms. The van der Waals surface area contributed by atoms with Crippen LogP contribution < -0.4 is 5.32 Å². The van der Waals surface area contributed by atoms with Crippen LogP contribution in [0.1, 0.15) is 55.8 Å². The Morgan fingerprint density at radius 3 is 2.81 bits per heavy atom. The number of aromatic amines is 1. The highest BCUT2D eigenvalue weighted by Gasteiger charge is 2.21. The summed E-state index contributed by atoms with van der Waals surface area (Å²) in [4.78, 5) is 27.7. The van der Waals surface area contributed by atoms with Crippen molar-refractivity contribution >= 4 is 33.4 Å². The molecule has 1 aromatic carbocycles. The van der Waals surface area contributed by atoms with E-state index in [0.717, 1.165) is 22.4 Å².